The van der Waals surface area contributed by atoms with E-state index >= 15 is 0 Å². The minimum atomic E-state index is 0.798. The summed E-state index contributed by atoms with van der Waals surface area (Å²) in [6, 6.07) is 16.2. The van der Waals surface area contributed by atoms with Gasteiger partial charge < -0.3 is 9.64 Å². The monoisotopic (exact) mass is 382 g/mol. The van der Waals surface area contributed by atoms with Crippen molar-refractivity contribution in [3.63, 3.8) is 0 Å². The number of ether oxygens (including phenoxy) is 1. The minimum absolute atomic E-state index is 0.798. The quantitative estimate of drug-likeness (QED) is 0.671. The van der Waals surface area contributed by atoms with Crippen LogP contribution in [0.15, 0.2) is 60.9 Å². The summed E-state index contributed by atoms with van der Waals surface area (Å²) in [5.74, 6) is 1.82. The summed E-state index contributed by atoms with van der Waals surface area (Å²) in [4.78, 5) is 9.41. The van der Waals surface area contributed by atoms with E-state index in [0.717, 1.165) is 55.1 Å². The lowest BCUT2D eigenvalue weighted by atomic mass is 10.2. The maximum Gasteiger partial charge on any atom is 0.210 e. The number of methoxy groups -OCH3 is 1. The highest BCUT2D eigenvalue weighted by Crippen LogP contribution is 2.23. The number of rotatable bonds is 5. The van der Waals surface area contributed by atoms with Crippen LogP contribution in [0.1, 0.15) is 5.56 Å². The van der Waals surface area contributed by atoms with E-state index in [2.05, 4.69) is 31.5 Å². The molecule has 0 aliphatic carbocycles. The topological polar surface area (TPSA) is 33.5 Å². The van der Waals surface area contributed by atoms with Gasteiger partial charge in [-0.05, 0) is 29.8 Å². The fourth-order valence-electron chi connectivity index (χ4n) is 3.49. The Bertz CT molecular complexity index is 902. The zero-order valence-corrected chi connectivity index (χ0v) is 16.1. The summed E-state index contributed by atoms with van der Waals surface area (Å²) in [6.45, 7) is 4.82. The Morgan fingerprint density at radius 1 is 1.04 bits per heavy atom. The second-order valence-corrected chi connectivity index (χ2v) is 7.13. The minimum Gasteiger partial charge on any atom is -0.497 e. The molecule has 27 heavy (non-hydrogen) atoms. The van der Waals surface area contributed by atoms with E-state index in [1.165, 1.54) is 5.56 Å². The second-order valence-electron chi connectivity index (χ2n) is 6.69. The highest BCUT2D eigenvalue weighted by molar-refractivity contribution is 6.30. The van der Waals surface area contributed by atoms with Gasteiger partial charge in [0.15, 0.2) is 0 Å². The molecule has 2 heterocycles. The molecule has 140 valence electrons. The van der Waals surface area contributed by atoms with Gasteiger partial charge in [0, 0.05) is 56.2 Å². The van der Waals surface area contributed by atoms with Crippen LogP contribution >= 0.6 is 11.6 Å². The molecule has 0 bridgehead atoms. The lowest BCUT2D eigenvalue weighted by Gasteiger charge is -2.35. The Labute approximate surface area is 164 Å². The molecule has 0 spiro atoms. The Hall–Kier alpha value is -2.50. The third-order valence-electron chi connectivity index (χ3n) is 4.90. The van der Waals surface area contributed by atoms with Crippen molar-refractivity contribution in [1.82, 2.24) is 14.5 Å². The zero-order chi connectivity index (χ0) is 18.6. The average molecular weight is 383 g/mol. The summed E-state index contributed by atoms with van der Waals surface area (Å²) in [5, 5.41) is 0.798. The molecule has 0 unspecified atom stereocenters. The SMILES string of the molecule is COc1cccc(-n2ccnc2N2CCN(Cc3cccc(Cl)c3)CC2)c1. The smallest absolute Gasteiger partial charge is 0.210 e. The molecular weight excluding hydrogens is 360 g/mol. The molecule has 6 heteroatoms. The van der Waals surface area contributed by atoms with E-state index in [1.807, 2.05) is 48.8 Å². The highest BCUT2D eigenvalue weighted by atomic mass is 35.5. The number of halogens is 1. The van der Waals surface area contributed by atoms with Gasteiger partial charge in [-0.25, -0.2) is 4.98 Å². The molecule has 0 atom stereocenters. The van der Waals surface area contributed by atoms with Gasteiger partial charge in [-0.15, -0.1) is 0 Å². The molecular formula is C21H23ClN4O. The van der Waals surface area contributed by atoms with Gasteiger partial charge in [-0.2, -0.15) is 0 Å². The van der Waals surface area contributed by atoms with Crippen molar-refractivity contribution in [2.24, 2.45) is 0 Å². The first-order chi connectivity index (χ1) is 13.2. The molecule has 4 rings (SSSR count). The second kappa shape index (κ2) is 8.03. The van der Waals surface area contributed by atoms with Crippen molar-refractivity contribution in [2.75, 3.05) is 38.2 Å². The highest BCUT2D eigenvalue weighted by Gasteiger charge is 2.21. The number of benzene rings is 2. The van der Waals surface area contributed by atoms with Crippen LogP contribution in [0.25, 0.3) is 5.69 Å². The predicted octanol–water partition coefficient (Wildman–Crippen LogP) is 3.86. The van der Waals surface area contributed by atoms with Crippen LogP contribution in [0.5, 0.6) is 5.75 Å². The van der Waals surface area contributed by atoms with E-state index < -0.39 is 0 Å². The van der Waals surface area contributed by atoms with Gasteiger partial charge in [0.2, 0.25) is 5.95 Å². The summed E-state index contributed by atoms with van der Waals surface area (Å²) in [7, 11) is 1.69. The first-order valence-corrected chi connectivity index (χ1v) is 9.50. The van der Waals surface area contributed by atoms with E-state index in [4.69, 9.17) is 16.3 Å². The van der Waals surface area contributed by atoms with Crippen molar-refractivity contribution in [3.8, 4) is 11.4 Å². The van der Waals surface area contributed by atoms with Gasteiger partial charge in [0.1, 0.15) is 5.75 Å². The Morgan fingerprint density at radius 2 is 1.85 bits per heavy atom. The zero-order valence-electron chi connectivity index (χ0n) is 15.4. The van der Waals surface area contributed by atoms with Crippen LogP contribution in [0.2, 0.25) is 5.02 Å². The molecule has 1 saturated heterocycles. The Balaban J connectivity index is 1.44. The van der Waals surface area contributed by atoms with Crippen molar-refractivity contribution in [1.29, 1.82) is 0 Å². The van der Waals surface area contributed by atoms with Gasteiger partial charge in [-0.3, -0.25) is 9.47 Å². The van der Waals surface area contributed by atoms with Crippen molar-refractivity contribution in [3.05, 3.63) is 71.5 Å². The number of hydrogen-bond donors (Lipinski definition) is 0. The summed E-state index contributed by atoms with van der Waals surface area (Å²) in [6.07, 6.45) is 3.86. The lowest BCUT2D eigenvalue weighted by molar-refractivity contribution is 0.248. The molecule has 1 aromatic heterocycles. The molecule has 0 radical (unpaired) electrons. The normalized spacial score (nSPS) is 15.1. The number of aromatic nitrogens is 2. The fraction of sp³-hybridized carbons (Fsp3) is 0.286. The molecule has 0 saturated carbocycles. The number of imidazole rings is 1. The van der Waals surface area contributed by atoms with Crippen LogP contribution < -0.4 is 9.64 Å². The molecule has 3 aromatic rings. The Kier molecular flexibility index (Phi) is 5.32. The molecule has 5 nitrogen and oxygen atoms in total. The third kappa shape index (κ3) is 4.10. The van der Waals surface area contributed by atoms with Crippen LogP contribution in [-0.4, -0.2) is 47.7 Å². The first-order valence-electron chi connectivity index (χ1n) is 9.12. The fourth-order valence-corrected chi connectivity index (χ4v) is 3.70. The van der Waals surface area contributed by atoms with E-state index in [1.54, 1.807) is 7.11 Å². The van der Waals surface area contributed by atoms with E-state index in [-0.39, 0.29) is 0 Å². The summed E-state index contributed by atoms with van der Waals surface area (Å²) >= 11 is 6.10. The van der Waals surface area contributed by atoms with Crippen LogP contribution in [-0.2, 0) is 6.54 Å². The van der Waals surface area contributed by atoms with Crippen LogP contribution in [0.3, 0.4) is 0 Å². The predicted molar refractivity (Wildman–Crippen MR) is 109 cm³/mol. The molecule has 0 amide bonds. The van der Waals surface area contributed by atoms with Crippen molar-refractivity contribution >= 4 is 17.5 Å². The van der Waals surface area contributed by atoms with E-state index in [0.29, 0.717) is 0 Å². The molecule has 0 N–H and O–H groups in total. The standard InChI is InChI=1S/C21H23ClN4O/c1-27-20-7-3-6-19(15-20)26-9-8-23-21(26)25-12-10-24(11-13-25)16-17-4-2-5-18(22)14-17/h2-9,14-15H,10-13,16H2,1H3. The Morgan fingerprint density at radius 3 is 2.63 bits per heavy atom. The van der Waals surface area contributed by atoms with Crippen LogP contribution in [0, 0.1) is 0 Å². The molecule has 1 aliphatic heterocycles. The lowest BCUT2D eigenvalue weighted by Crippen LogP contribution is -2.46. The van der Waals surface area contributed by atoms with E-state index in [9.17, 15) is 0 Å². The maximum absolute atomic E-state index is 6.10. The number of anilines is 1. The maximum atomic E-state index is 6.10. The number of hydrogen-bond acceptors (Lipinski definition) is 4. The molecule has 1 fully saturated rings. The van der Waals surface area contributed by atoms with Gasteiger partial charge in [-0.1, -0.05) is 29.8 Å². The van der Waals surface area contributed by atoms with Gasteiger partial charge in [0.25, 0.3) is 0 Å². The van der Waals surface area contributed by atoms with Crippen molar-refractivity contribution < 1.29 is 4.74 Å². The number of piperazine rings is 1. The average Bonchev–Trinajstić information content (AvgIpc) is 3.18. The summed E-state index contributed by atoms with van der Waals surface area (Å²) in [5.41, 5.74) is 2.32. The first kappa shape index (κ1) is 17.9. The summed E-state index contributed by atoms with van der Waals surface area (Å²) < 4.78 is 7.47. The van der Waals surface area contributed by atoms with Gasteiger partial charge >= 0.3 is 0 Å². The van der Waals surface area contributed by atoms with Crippen LogP contribution in [0.4, 0.5) is 5.95 Å². The van der Waals surface area contributed by atoms with Crippen molar-refractivity contribution in [2.45, 2.75) is 6.54 Å². The third-order valence-corrected chi connectivity index (χ3v) is 5.14. The number of nitrogens with zero attached hydrogens (tertiary/aromatic N) is 4. The van der Waals surface area contributed by atoms with Gasteiger partial charge in [0.05, 0.1) is 12.8 Å². The largest absolute Gasteiger partial charge is 0.497 e. The molecule has 2 aromatic carbocycles. The molecule has 1 aliphatic rings.